The van der Waals surface area contributed by atoms with E-state index >= 15 is 0 Å². The van der Waals surface area contributed by atoms with Gasteiger partial charge in [-0.05, 0) is 18.6 Å². The van der Waals surface area contributed by atoms with Gasteiger partial charge in [-0.3, -0.25) is 9.08 Å². The first-order chi connectivity index (χ1) is 9.03. The van der Waals surface area contributed by atoms with Crippen LogP contribution in [0.4, 0.5) is 0 Å². The molecule has 2 rings (SSSR count). The SMILES string of the molecule is CCCCS(=O)(=O)On1c(=O)ccc2ccccc21. The van der Waals surface area contributed by atoms with Gasteiger partial charge in [-0.2, -0.15) is 8.42 Å². The van der Waals surface area contributed by atoms with Crippen molar-refractivity contribution in [2.24, 2.45) is 0 Å². The number of hydrogen-bond acceptors (Lipinski definition) is 4. The fraction of sp³-hybridized carbons (Fsp3) is 0.308. The third-order valence-corrected chi connectivity index (χ3v) is 3.86. The summed E-state index contributed by atoms with van der Waals surface area (Å²) in [5.41, 5.74) is -0.0613. The maximum atomic E-state index is 11.8. The molecular weight excluding hydrogens is 266 g/mol. The molecule has 1 aromatic heterocycles. The molecule has 0 aliphatic carbocycles. The topological polar surface area (TPSA) is 65.4 Å². The minimum atomic E-state index is -3.75. The van der Waals surface area contributed by atoms with Crippen LogP contribution in [0.2, 0.25) is 0 Å². The van der Waals surface area contributed by atoms with E-state index < -0.39 is 15.7 Å². The zero-order valence-electron chi connectivity index (χ0n) is 10.6. The van der Waals surface area contributed by atoms with E-state index in [2.05, 4.69) is 0 Å². The number of hydrogen-bond donors (Lipinski definition) is 0. The van der Waals surface area contributed by atoms with Gasteiger partial charge >= 0.3 is 10.1 Å². The highest BCUT2D eigenvalue weighted by Gasteiger charge is 2.14. The Balaban J connectivity index is 2.45. The number of benzene rings is 1. The molecule has 0 saturated carbocycles. The van der Waals surface area contributed by atoms with Crippen LogP contribution < -0.4 is 9.84 Å². The second-order valence-corrected chi connectivity index (χ2v) is 5.89. The maximum Gasteiger partial charge on any atom is 0.327 e. The second-order valence-electron chi connectivity index (χ2n) is 4.21. The molecule has 0 aliphatic heterocycles. The highest BCUT2D eigenvalue weighted by atomic mass is 32.2. The van der Waals surface area contributed by atoms with Gasteiger partial charge in [-0.15, -0.1) is 4.73 Å². The predicted octanol–water partition coefficient (Wildman–Crippen LogP) is 1.56. The van der Waals surface area contributed by atoms with Gasteiger partial charge < -0.3 is 0 Å². The molecule has 0 atom stereocenters. The minimum absolute atomic E-state index is 0.0981. The van der Waals surface area contributed by atoms with Crippen molar-refractivity contribution in [2.45, 2.75) is 19.8 Å². The molecule has 0 unspecified atom stereocenters. The van der Waals surface area contributed by atoms with Crippen LogP contribution in [0.25, 0.3) is 10.9 Å². The summed E-state index contributed by atoms with van der Waals surface area (Å²) in [4.78, 5) is 11.8. The molecule has 1 heterocycles. The summed E-state index contributed by atoms with van der Waals surface area (Å²) in [7, 11) is -3.75. The van der Waals surface area contributed by atoms with E-state index in [1.54, 1.807) is 24.3 Å². The van der Waals surface area contributed by atoms with Gasteiger partial charge in [0.1, 0.15) is 0 Å². The molecule has 5 nitrogen and oxygen atoms in total. The smallest absolute Gasteiger partial charge is 0.284 e. The van der Waals surface area contributed by atoms with Gasteiger partial charge in [0.2, 0.25) is 0 Å². The Labute approximate surface area is 111 Å². The number of rotatable bonds is 5. The zero-order chi connectivity index (χ0) is 13.9. The summed E-state index contributed by atoms with van der Waals surface area (Å²) < 4.78 is 29.3. The van der Waals surface area contributed by atoms with E-state index in [0.717, 1.165) is 16.5 Å². The van der Waals surface area contributed by atoms with Crippen LogP contribution in [0.3, 0.4) is 0 Å². The summed E-state index contributed by atoms with van der Waals surface area (Å²) in [6.07, 6.45) is 1.24. The molecule has 0 fully saturated rings. The van der Waals surface area contributed by atoms with Gasteiger partial charge in [0.25, 0.3) is 5.56 Å². The van der Waals surface area contributed by atoms with Crippen molar-refractivity contribution in [3.63, 3.8) is 0 Å². The van der Waals surface area contributed by atoms with E-state index in [1.807, 2.05) is 13.0 Å². The number of nitrogens with zero attached hydrogens (tertiary/aromatic N) is 1. The highest BCUT2D eigenvalue weighted by molar-refractivity contribution is 7.86. The summed E-state index contributed by atoms with van der Waals surface area (Å²) >= 11 is 0. The van der Waals surface area contributed by atoms with Crippen LogP contribution >= 0.6 is 0 Å². The average molecular weight is 281 g/mol. The zero-order valence-corrected chi connectivity index (χ0v) is 11.4. The molecule has 0 bridgehead atoms. The number of aromatic nitrogens is 1. The lowest BCUT2D eigenvalue weighted by Gasteiger charge is -2.10. The van der Waals surface area contributed by atoms with E-state index in [1.165, 1.54) is 6.07 Å². The molecule has 0 amide bonds. The third kappa shape index (κ3) is 3.14. The van der Waals surface area contributed by atoms with Crippen molar-refractivity contribution in [1.82, 2.24) is 4.73 Å². The Kier molecular flexibility index (Phi) is 3.90. The van der Waals surface area contributed by atoms with E-state index in [-0.39, 0.29) is 5.75 Å². The predicted molar refractivity (Wildman–Crippen MR) is 73.5 cm³/mol. The van der Waals surface area contributed by atoms with Crippen molar-refractivity contribution in [3.05, 3.63) is 46.8 Å². The Morgan fingerprint density at radius 1 is 1.16 bits per heavy atom. The van der Waals surface area contributed by atoms with E-state index in [0.29, 0.717) is 11.9 Å². The Morgan fingerprint density at radius 2 is 1.89 bits per heavy atom. The van der Waals surface area contributed by atoms with Gasteiger partial charge in [0.05, 0.1) is 11.3 Å². The molecule has 102 valence electrons. The molecule has 0 radical (unpaired) electrons. The van der Waals surface area contributed by atoms with Crippen molar-refractivity contribution in [3.8, 4) is 0 Å². The van der Waals surface area contributed by atoms with Crippen LogP contribution in [0.15, 0.2) is 41.2 Å². The minimum Gasteiger partial charge on any atom is -0.284 e. The first-order valence-electron chi connectivity index (χ1n) is 6.07. The normalized spacial score (nSPS) is 11.6. The number of unbranched alkanes of at least 4 members (excludes halogenated alkanes) is 1. The Hall–Kier alpha value is -1.82. The number of pyridine rings is 1. The highest BCUT2D eigenvalue weighted by Crippen LogP contribution is 2.10. The largest absolute Gasteiger partial charge is 0.327 e. The van der Waals surface area contributed by atoms with E-state index in [4.69, 9.17) is 4.28 Å². The van der Waals surface area contributed by atoms with Gasteiger partial charge in [0, 0.05) is 11.5 Å². The van der Waals surface area contributed by atoms with Crippen molar-refractivity contribution >= 4 is 21.0 Å². The van der Waals surface area contributed by atoms with Crippen LogP contribution in [0, 0.1) is 0 Å². The molecule has 0 spiro atoms. The van der Waals surface area contributed by atoms with Gasteiger partial charge in [-0.25, -0.2) is 0 Å². The molecular formula is C13H15NO4S. The van der Waals surface area contributed by atoms with Gasteiger partial charge in [-0.1, -0.05) is 31.5 Å². The third-order valence-electron chi connectivity index (χ3n) is 2.70. The molecule has 19 heavy (non-hydrogen) atoms. The van der Waals surface area contributed by atoms with Crippen LogP contribution in [-0.4, -0.2) is 18.9 Å². The van der Waals surface area contributed by atoms with E-state index in [9.17, 15) is 13.2 Å². The lowest BCUT2D eigenvalue weighted by Crippen LogP contribution is -2.31. The van der Waals surface area contributed by atoms with Crippen molar-refractivity contribution < 1.29 is 12.7 Å². The van der Waals surface area contributed by atoms with Gasteiger partial charge in [0.15, 0.2) is 0 Å². The summed E-state index contributed by atoms with van der Waals surface area (Å²) in [5, 5.41) is 0.743. The number of para-hydroxylation sites is 1. The summed E-state index contributed by atoms with van der Waals surface area (Å²) in [5.74, 6) is -0.0981. The molecule has 2 aromatic rings. The summed E-state index contributed by atoms with van der Waals surface area (Å²) in [6.45, 7) is 1.89. The molecule has 0 aliphatic rings. The molecule has 0 saturated heterocycles. The monoisotopic (exact) mass is 281 g/mol. The molecule has 0 N–H and O–H groups in total. The van der Waals surface area contributed by atoms with Crippen LogP contribution in [0.5, 0.6) is 0 Å². The summed E-state index contributed by atoms with van der Waals surface area (Å²) in [6, 6.07) is 9.89. The lowest BCUT2D eigenvalue weighted by molar-refractivity contribution is 0.280. The molecule has 1 aromatic carbocycles. The quantitative estimate of drug-likeness (QED) is 0.834. The Morgan fingerprint density at radius 3 is 2.63 bits per heavy atom. The lowest BCUT2D eigenvalue weighted by atomic mass is 10.2. The van der Waals surface area contributed by atoms with Crippen molar-refractivity contribution in [2.75, 3.05) is 5.75 Å². The standard InChI is InChI=1S/C13H15NO4S/c1-2-3-10-19(16,17)18-14-12-7-5-4-6-11(12)8-9-13(14)15/h4-9H,2-3,10H2,1H3. The Bertz CT molecular complexity index is 734. The fourth-order valence-electron chi connectivity index (χ4n) is 1.71. The first kappa shape index (κ1) is 13.6. The van der Waals surface area contributed by atoms with Crippen molar-refractivity contribution in [1.29, 1.82) is 0 Å². The van der Waals surface area contributed by atoms with Crippen LogP contribution in [-0.2, 0) is 10.1 Å². The first-order valence-corrected chi connectivity index (χ1v) is 7.65. The maximum absolute atomic E-state index is 11.8. The fourth-order valence-corrected chi connectivity index (χ4v) is 2.81. The second kappa shape index (κ2) is 5.44. The average Bonchev–Trinajstić information content (AvgIpc) is 2.40. The number of fused-ring (bicyclic) bond motifs is 1. The van der Waals surface area contributed by atoms with Crippen LogP contribution in [0.1, 0.15) is 19.8 Å². The molecule has 6 heteroatoms.